The van der Waals surface area contributed by atoms with Gasteiger partial charge in [-0.25, -0.2) is 0 Å². The van der Waals surface area contributed by atoms with E-state index >= 15 is 0 Å². The molecule has 0 aromatic heterocycles. The molecular weight excluding hydrogens is 238 g/mol. The van der Waals surface area contributed by atoms with Gasteiger partial charge < -0.3 is 14.7 Å². The number of aryl methyl sites for hydroxylation is 2. The fraction of sp³-hybridized carbons (Fsp3) is 0.625. The van der Waals surface area contributed by atoms with Crippen LogP contribution in [0.15, 0.2) is 12.1 Å². The zero-order chi connectivity index (χ0) is 14.3. The van der Waals surface area contributed by atoms with Crippen molar-refractivity contribution in [3.63, 3.8) is 0 Å². The van der Waals surface area contributed by atoms with Crippen molar-refractivity contribution in [1.29, 1.82) is 0 Å². The average Bonchev–Trinajstić information content (AvgIpc) is 2.36. The minimum atomic E-state index is 0.296. The van der Waals surface area contributed by atoms with Crippen LogP contribution in [0.4, 0.5) is 0 Å². The number of rotatable bonds is 8. The van der Waals surface area contributed by atoms with Gasteiger partial charge in [-0.3, -0.25) is 0 Å². The number of methoxy groups -OCH3 is 1. The van der Waals surface area contributed by atoms with Crippen molar-refractivity contribution >= 4 is 0 Å². The summed E-state index contributed by atoms with van der Waals surface area (Å²) < 4.78 is 5.39. The Morgan fingerprint density at radius 1 is 1.11 bits per heavy atom. The van der Waals surface area contributed by atoms with E-state index in [-0.39, 0.29) is 0 Å². The van der Waals surface area contributed by atoms with Crippen molar-refractivity contribution in [1.82, 2.24) is 4.90 Å². The Labute approximate surface area is 117 Å². The predicted octanol–water partition coefficient (Wildman–Crippen LogP) is 2.56. The largest absolute Gasteiger partial charge is 0.496 e. The number of benzene rings is 1. The highest BCUT2D eigenvalue weighted by Gasteiger charge is 2.06. The first-order chi connectivity index (χ1) is 9.08. The highest BCUT2D eigenvalue weighted by Crippen LogP contribution is 2.24. The second-order valence-corrected chi connectivity index (χ2v) is 5.25. The summed E-state index contributed by atoms with van der Waals surface area (Å²) in [5, 5.41) is 8.77. The Morgan fingerprint density at radius 3 is 2.26 bits per heavy atom. The van der Waals surface area contributed by atoms with E-state index in [1.165, 1.54) is 16.7 Å². The van der Waals surface area contributed by atoms with Crippen LogP contribution in [0.25, 0.3) is 0 Å². The molecule has 1 N–H and O–H groups in total. The molecule has 19 heavy (non-hydrogen) atoms. The predicted molar refractivity (Wildman–Crippen MR) is 80.0 cm³/mol. The number of aliphatic hydroxyl groups excluding tert-OH is 1. The molecule has 0 bridgehead atoms. The number of unbranched alkanes of at least 4 members (excludes halogenated alkanes) is 1. The van der Waals surface area contributed by atoms with Crippen LogP contribution in [0.5, 0.6) is 5.75 Å². The lowest BCUT2D eigenvalue weighted by molar-refractivity contribution is 0.264. The molecule has 0 aliphatic heterocycles. The van der Waals surface area contributed by atoms with E-state index in [9.17, 15) is 0 Å². The fourth-order valence-corrected chi connectivity index (χ4v) is 2.43. The first kappa shape index (κ1) is 16.0. The van der Waals surface area contributed by atoms with Gasteiger partial charge in [-0.15, -0.1) is 0 Å². The average molecular weight is 265 g/mol. The zero-order valence-electron chi connectivity index (χ0n) is 12.7. The molecule has 0 saturated carbocycles. The maximum atomic E-state index is 8.77. The van der Waals surface area contributed by atoms with Crippen LogP contribution < -0.4 is 4.74 Å². The Hall–Kier alpha value is -1.06. The second-order valence-electron chi connectivity index (χ2n) is 5.25. The molecule has 0 saturated heterocycles. The van der Waals surface area contributed by atoms with Gasteiger partial charge in [-0.2, -0.15) is 0 Å². The third-order valence-electron chi connectivity index (χ3n) is 3.45. The van der Waals surface area contributed by atoms with Crippen LogP contribution in [0.2, 0.25) is 0 Å². The molecule has 0 fully saturated rings. The van der Waals surface area contributed by atoms with Crippen LogP contribution >= 0.6 is 0 Å². The van der Waals surface area contributed by atoms with Gasteiger partial charge in [0, 0.05) is 13.2 Å². The summed E-state index contributed by atoms with van der Waals surface area (Å²) in [5.41, 5.74) is 3.78. The lowest BCUT2D eigenvalue weighted by atomic mass is 10.0. The Bertz CT molecular complexity index is 367. The maximum Gasteiger partial charge on any atom is 0.124 e. The molecule has 1 aromatic carbocycles. The highest BCUT2D eigenvalue weighted by atomic mass is 16.5. The first-order valence-electron chi connectivity index (χ1n) is 7.02. The number of nitrogens with zero attached hydrogens (tertiary/aromatic N) is 1. The smallest absolute Gasteiger partial charge is 0.124 e. The fourth-order valence-electron chi connectivity index (χ4n) is 2.43. The van der Waals surface area contributed by atoms with E-state index in [0.717, 1.165) is 38.1 Å². The van der Waals surface area contributed by atoms with Crippen molar-refractivity contribution in [2.45, 2.75) is 33.1 Å². The monoisotopic (exact) mass is 265 g/mol. The van der Waals surface area contributed by atoms with Crippen LogP contribution in [-0.2, 0) is 6.42 Å². The summed E-state index contributed by atoms with van der Waals surface area (Å²) in [6, 6.07) is 4.43. The molecule has 0 unspecified atom stereocenters. The Morgan fingerprint density at radius 2 is 1.74 bits per heavy atom. The molecule has 0 heterocycles. The SMILES string of the molecule is COc1c(C)cc(CCN(C)CCCCO)cc1C. The van der Waals surface area contributed by atoms with Crippen molar-refractivity contribution < 1.29 is 9.84 Å². The molecule has 0 aliphatic carbocycles. The third kappa shape index (κ3) is 5.21. The van der Waals surface area contributed by atoms with Gasteiger partial charge in [0.15, 0.2) is 0 Å². The molecule has 108 valence electrons. The molecular formula is C16H27NO2. The maximum absolute atomic E-state index is 8.77. The first-order valence-corrected chi connectivity index (χ1v) is 7.02. The molecule has 0 aliphatic rings. The summed E-state index contributed by atoms with van der Waals surface area (Å²) in [6.45, 7) is 6.59. The van der Waals surface area contributed by atoms with Gasteiger partial charge in [-0.05, 0) is 63.4 Å². The summed E-state index contributed by atoms with van der Waals surface area (Å²) in [5.74, 6) is 1.00. The summed E-state index contributed by atoms with van der Waals surface area (Å²) in [7, 11) is 3.87. The van der Waals surface area contributed by atoms with Crippen LogP contribution in [0.3, 0.4) is 0 Å². The topological polar surface area (TPSA) is 32.7 Å². The Balaban J connectivity index is 2.49. The second kappa shape index (κ2) is 8.18. The summed E-state index contributed by atoms with van der Waals surface area (Å²) in [6.07, 6.45) is 3.01. The zero-order valence-corrected chi connectivity index (χ0v) is 12.7. The third-order valence-corrected chi connectivity index (χ3v) is 3.45. The van der Waals surface area contributed by atoms with Crippen molar-refractivity contribution in [2.24, 2.45) is 0 Å². The minimum absolute atomic E-state index is 0.296. The number of ether oxygens (including phenoxy) is 1. The molecule has 0 amide bonds. The molecule has 1 aromatic rings. The lowest BCUT2D eigenvalue weighted by Crippen LogP contribution is -2.22. The Kier molecular flexibility index (Phi) is 6.89. The van der Waals surface area contributed by atoms with E-state index in [0.29, 0.717) is 6.61 Å². The van der Waals surface area contributed by atoms with Gasteiger partial charge in [0.2, 0.25) is 0 Å². The van der Waals surface area contributed by atoms with E-state index in [1.807, 2.05) is 0 Å². The van der Waals surface area contributed by atoms with E-state index < -0.39 is 0 Å². The highest BCUT2D eigenvalue weighted by molar-refractivity contribution is 5.43. The van der Waals surface area contributed by atoms with E-state index in [1.54, 1.807) is 7.11 Å². The minimum Gasteiger partial charge on any atom is -0.496 e. The van der Waals surface area contributed by atoms with E-state index in [2.05, 4.69) is 37.9 Å². The number of aliphatic hydroxyl groups is 1. The van der Waals surface area contributed by atoms with Crippen molar-refractivity contribution in [3.8, 4) is 5.75 Å². The molecule has 0 atom stereocenters. The standard InChI is InChI=1S/C16H27NO2/c1-13-11-15(12-14(2)16(13)19-4)7-9-17(3)8-5-6-10-18/h11-12,18H,5-10H2,1-4H3. The van der Waals surface area contributed by atoms with Gasteiger partial charge in [0.25, 0.3) is 0 Å². The summed E-state index contributed by atoms with van der Waals surface area (Å²) in [4.78, 5) is 2.32. The van der Waals surface area contributed by atoms with Crippen molar-refractivity contribution in [3.05, 3.63) is 28.8 Å². The lowest BCUT2D eigenvalue weighted by Gasteiger charge is -2.17. The number of likely N-dealkylation sites (N-methyl/N-ethyl adjacent to an activating group) is 1. The van der Waals surface area contributed by atoms with Gasteiger partial charge in [0.05, 0.1) is 7.11 Å². The van der Waals surface area contributed by atoms with Crippen molar-refractivity contribution in [2.75, 3.05) is 33.9 Å². The number of hydrogen-bond donors (Lipinski definition) is 1. The molecule has 3 nitrogen and oxygen atoms in total. The number of hydrogen-bond acceptors (Lipinski definition) is 3. The van der Waals surface area contributed by atoms with Crippen LogP contribution in [0, 0.1) is 13.8 Å². The van der Waals surface area contributed by atoms with E-state index in [4.69, 9.17) is 9.84 Å². The van der Waals surface area contributed by atoms with Gasteiger partial charge in [-0.1, -0.05) is 12.1 Å². The van der Waals surface area contributed by atoms with Crippen LogP contribution in [0.1, 0.15) is 29.5 Å². The summed E-state index contributed by atoms with van der Waals surface area (Å²) >= 11 is 0. The quantitative estimate of drug-likeness (QED) is 0.733. The van der Waals surface area contributed by atoms with Gasteiger partial charge >= 0.3 is 0 Å². The molecule has 1 rings (SSSR count). The van der Waals surface area contributed by atoms with Crippen LogP contribution in [-0.4, -0.2) is 43.9 Å². The normalized spacial score (nSPS) is 11.1. The molecule has 0 spiro atoms. The molecule has 0 radical (unpaired) electrons. The van der Waals surface area contributed by atoms with Gasteiger partial charge in [0.1, 0.15) is 5.75 Å². The molecule has 3 heteroatoms.